The van der Waals surface area contributed by atoms with Crippen LogP contribution in [0.3, 0.4) is 0 Å². The van der Waals surface area contributed by atoms with Crippen molar-refractivity contribution in [1.29, 1.82) is 0 Å². The first kappa shape index (κ1) is 17.5. The second-order valence-corrected chi connectivity index (χ2v) is 6.28. The number of anilines is 1. The summed E-state index contributed by atoms with van der Waals surface area (Å²) in [6, 6.07) is 19.2. The number of nitrogens with zero attached hydrogens (tertiary/aromatic N) is 2. The van der Waals surface area contributed by atoms with E-state index in [1.165, 1.54) is 11.1 Å². The molecule has 1 amide bonds. The van der Waals surface area contributed by atoms with Crippen molar-refractivity contribution in [3.8, 4) is 11.3 Å². The summed E-state index contributed by atoms with van der Waals surface area (Å²) < 4.78 is 5.81. The molecule has 1 aromatic heterocycles. The zero-order chi connectivity index (χ0) is 19.7. The molecular formula is C22H16N2O4. The minimum atomic E-state index is -1.000. The van der Waals surface area contributed by atoms with E-state index >= 15 is 0 Å². The fraction of sp³-hybridized carbons (Fsp3) is 0.0455. The molecule has 6 heteroatoms. The lowest BCUT2D eigenvalue weighted by Crippen LogP contribution is -2.21. The lowest BCUT2D eigenvalue weighted by molar-refractivity contribution is -0.114. The van der Waals surface area contributed by atoms with Crippen LogP contribution < -0.4 is 5.01 Å². The van der Waals surface area contributed by atoms with Gasteiger partial charge in [-0.25, -0.2) is 4.79 Å². The normalized spacial score (nSPS) is 15.2. The van der Waals surface area contributed by atoms with Crippen LogP contribution in [0.2, 0.25) is 0 Å². The highest BCUT2D eigenvalue weighted by Gasteiger charge is 2.28. The van der Waals surface area contributed by atoms with Gasteiger partial charge in [-0.1, -0.05) is 30.3 Å². The van der Waals surface area contributed by atoms with Gasteiger partial charge < -0.3 is 9.52 Å². The number of amides is 1. The van der Waals surface area contributed by atoms with Gasteiger partial charge in [-0.2, -0.15) is 10.1 Å². The predicted octanol–water partition coefficient (Wildman–Crippen LogP) is 4.45. The fourth-order valence-electron chi connectivity index (χ4n) is 2.96. The monoisotopic (exact) mass is 372 g/mol. The summed E-state index contributed by atoms with van der Waals surface area (Å²) in [5.74, 6) is -0.215. The van der Waals surface area contributed by atoms with Crippen LogP contribution in [0, 0.1) is 0 Å². The van der Waals surface area contributed by atoms with Crippen molar-refractivity contribution in [2.24, 2.45) is 5.10 Å². The van der Waals surface area contributed by atoms with Crippen molar-refractivity contribution >= 4 is 29.4 Å². The Labute approximate surface area is 161 Å². The molecule has 2 heterocycles. The Hall–Kier alpha value is -3.93. The fourth-order valence-corrected chi connectivity index (χ4v) is 2.96. The van der Waals surface area contributed by atoms with E-state index in [2.05, 4.69) is 5.10 Å². The van der Waals surface area contributed by atoms with Crippen molar-refractivity contribution in [2.45, 2.75) is 6.92 Å². The summed E-state index contributed by atoms with van der Waals surface area (Å²) in [7, 11) is 0. The van der Waals surface area contributed by atoms with E-state index in [0.717, 1.165) is 0 Å². The summed E-state index contributed by atoms with van der Waals surface area (Å²) in [5, 5.41) is 14.8. The minimum Gasteiger partial charge on any atom is -0.478 e. The summed E-state index contributed by atoms with van der Waals surface area (Å²) in [5.41, 5.74) is 2.57. The van der Waals surface area contributed by atoms with E-state index in [9.17, 15) is 9.59 Å². The van der Waals surface area contributed by atoms with Gasteiger partial charge in [0.05, 0.1) is 22.5 Å². The van der Waals surface area contributed by atoms with E-state index in [1.54, 1.807) is 43.3 Å². The summed E-state index contributed by atoms with van der Waals surface area (Å²) in [6.07, 6.45) is 1.65. The molecule has 0 unspecified atom stereocenters. The second-order valence-electron chi connectivity index (χ2n) is 6.28. The summed E-state index contributed by atoms with van der Waals surface area (Å²) in [6.45, 7) is 1.77. The molecule has 1 aliphatic rings. The van der Waals surface area contributed by atoms with Gasteiger partial charge in [-0.05, 0) is 49.4 Å². The molecule has 4 rings (SSSR count). The first-order valence-electron chi connectivity index (χ1n) is 8.63. The van der Waals surface area contributed by atoms with E-state index in [1.807, 2.05) is 30.3 Å². The van der Waals surface area contributed by atoms with Gasteiger partial charge in [0.25, 0.3) is 5.91 Å². The van der Waals surface area contributed by atoms with Gasteiger partial charge in [-0.15, -0.1) is 0 Å². The number of rotatable bonds is 4. The quantitative estimate of drug-likeness (QED) is 0.686. The third kappa shape index (κ3) is 3.23. The minimum absolute atomic E-state index is 0.182. The maximum Gasteiger partial charge on any atom is 0.335 e. The molecule has 1 aliphatic heterocycles. The third-order valence-corrected chi connectivity index (χ3v) is 4.37. The molecule has 0 saturated heterocycles. The Morgan fingerprint density at radius 1 is 1.07 bits per heavy atom. The Bertz CT molecular complexity index is 1130. The van der Waals surface area contributed by atoms with Crippen LogP contribution in [0.15, 0.2) is 81.8 Å². The molecule has 0 spiro atoms. The van der Waals surface area contributed by atoms with Crippen LogP contribution in [0.4, 0.5) is 5.69 Å². The number of hydrogen-bond donors (Lipinski definition) is 1. The van der Waals surface area contributed by atoms with Crippen molar-refractivity contribution in [3.05, 3.63) is 83.6 Å². The lowest BCUT2D eigenvalue weighted by atomic mass is 10.1. The standard InChI is InChI=1S/C22H16N2O4/c1-14-19(21(25)24(23-14)17-8-3-2-4-9-17)13-18-10-11-20(28-18)15-6-5-7-16(12-15)22(26)27/h2-13H,1H3,(H,26,27)/b19-13+. The van der Waals surface area contributed by atoms with Crippen LogP contribution in [0.5, 0.6) is 0 Å². The molecule has 6 nitrogen and oxygen atoms in total. The van der Waals surface area contributed by atoms with E-state index in [-0.39, 0.29) is 11.5 Å². The van der Waals surface area contributed by atoms with Gasteiger partial charge in [0.1, 0.15) is 11.5 Å². The van der Waals surface area contributed by atoms with Gasteiger partial charge in [0, 0.05) is 5.56 Å². The smallest absolute Gasteiger partial charge is 0.335 e. The maximum absolute atomic E-state index is 12.8. The zero-order valence-electron chi connectivity index (χ0n) is 15.0. The maximum atomic E-state index is 12.8. The molecule has 138 valence electrons. The van der Waals surface area contributed by atoms with E-state index in [0.29, 0.717) is 34.1 Å². The second kappa shape index (κ2) is 7.00. The van der Waals surface area contributed by atoms with Gasteiger partial charge >= 0.3 is 5.97 Å². The topological polar surface area (TPSA) is 83.1 Å². The number of carbonyl (C=O) groups is 2. The number of hydrazone groups is 1. The highest BCUT2D eigenvalue weighted by atomic mass is 16.4. The average molecular weight is 372 g/mol. The Morgan fingerprint density at radius 2 is 1.86 bits per heavy atom. The average Bonchev–Trinajstić information content (AvgIpc) is 3.29. The summed E-state index contributed by atoms with van der Waals surface area (Å²) >= 11 is 0. The molecule has 0 radical (unpaired) electrons. The third-order valence-electron chi connectivity index (χ3n) is 4.37. The molecule has 3 aromatic rings. The Balaban J connectivity index is 1.62. The zero-order valence-corrected chi connectivity index (χ0v) is 15.0. The van der Waals surface area contributed by atoms with Crippen LogP contribution in [-0.4, -0.2) is 22.7 Å². The summed E-state index contributed by atoms with van der Waals surface area (Å²) in [4.78, 5) is 23.9. The Morgan fingerprint density at radius 3 is 2.61 bits per heavy atom. The van der Waals surface area contributed by atoms with Gasteiger partial charge in [0.15, 0.2) is 0 Å². The number of carboxylic acid groups (broad SMARTS) is 1. The SMILES string of the molecule is CC1=NN(c2ccccc2)C(=O)/C1=C/c1ccc(-c2cccc(C(=O)O)c2)o1. The highest BCUT2D eigenvalue weighted by molar-refractivity contribution is 6.32. The lowest BCUT2D eigenvalue weighted by Gasteiger charge is -2.10. The molecule has 0 bridgehead atoms. The van der Waals surface area contributed by atoms with Crippen molar-refractivity contribution in [1.82, 2.24) is 0 Å². The molecule has 0 atom stereocenters. The Kier molecular flexibility index (Phi) is 4.37. The van der Waals surface area contributed by atoms with Crippen LogP contribution in [-0.2, 0) is 4.79 Å². The largest absolute Gasteiger partial charge is 0.478 e. The first-order chi connectivity index (χ1) is 13.5. The van der Waals surface area contributed by atoms with Crippen LogP contribution >= 0.6 is 0 Å². The molecule has 1 N–H and O–H groups in total. The number of aromatic carboxylic acids is 1. The molecule has 0 fully saturated rings. The number of furan rings is 1. The molecule has 0 aliphatic carbocycles. The number of para-hydroxylation sites is 1. The van der Waals surface area contributed by atoms with Crippen molar-refractivity contribution < 1.29 is 19.1 Å². The first-order valence-corrected chi connectivity index (χ1v) is 8.63. The van der Waals surface area contributed by atoms with Crippen molar-refractivity contribution in [2.75, 3.05) is 5.01 Å². The number of benzene rings is 2. The van der Waals surface area contributed by atoms with Gasteiger partial charge in [0.2, 0.25) is 0 Å². The number of carbonyl (C=O) groups excluding carboxylic acids is 1. The molecule has 2 aromatic carbocycles. The van der Waals surface area contributed by atoms with E-state index < -0.39 is 5.97 Å². The van der Waals surface area contributed by atoms with Gasteiger partial charge in [-0.3, -0.25) is 4.79 Å². The molecule has 0 saturated carbocycles. The van der Waals surface area contributed by atoms with Crippen molar-refractivity contribution in [3.63, 3.8) is 0 Å². The van der Waals surface area contributed by atoms with Crippen LogP contribution in [0.25, 0.3) is 17.4 Å². The number of carboxylic acids is 1. The highest BCUT2D eigenvalue weighted by Crippen LogP contribution is 2.27. The molecule has 28 heavy (non-hydrogen) atoms. The van der Waals surface area contributed by atoms with E-state index in [4.69, 9.17) is 9.52 Å². The van der Waals surface area contributed by atoms with Crippen LogP contribution in [0.1, 0.15) is 23.0 Å². The number of hydrogen-bond acceptors (Lipinski definition) is 4. The molecular weight excluding hydrogens is 356 g/mol. The predicted molar refractivity (Wildman–Crippen MR) is 106 cm³/mol.